The fourth-order valence-electron chi connectivity index (χ4n) is 1.25. The smallest absolute Gasteiger partial charge is 0.235 e. The topological polar surface area (TPSA) is 39.4 Å². The number of halogens is 2. The van der Waals surface area contributed by atoms with Gasteiger partial charge in [0, 0.05) is 0 Å². The predicted molar refractivity (Wildman–Crippen MR) is 54.9 cm³/mol. The summed E-state index contributed by atoms with van der Waals surface area (Å²) in [6.45, 7) is -0.409. The molecule has 0 aliphatic heterocycles. The zero-order valence-electron chi connectivity index (χ0n) is 8.65. The fourth-order valence-corrected chi connectivity index (χ4v) is 1.25. The Kier molecular flexibility index (Phi) is 3.18. The number of rotatable bonds is 4. The van der Waals surface area contributed by atoms with Crippen LogP contribution >= 0.6 is 0 Å². The summed E-state index contributed by atoms with van der Waals surface area (Å²) in [6.07, 6.45) is 1.34. The summed E-state index contributed by atoms with van der Waals surface area (Å²) in [5.41, 5.74) is 0. The number of ether oxygens (including phenoxy) is 1. The van der Waals surface area contributed by atoms with Crippen molar-refractivity contribution >= 4 is 5.78 Å². The Labute approximate surface area is 95.6 Å². The Hall–Kier alpha value is -2.17. The second-order valence-corrected chi connectivity index (χ2v) is 3.24. The van der Waals surface area contributed by atoms with Crippen molar-refractivity contribution in [3.8, 4) is 5.75 Å². The first-order valence-electron chi connectivity index (χ1n) is 4.82. The monoisotopic (exact) mass is 238 g/mol. The Balaban J connectivity index is 2.03. The maximum Gasteiger partial charge on any atom is 0.235 e. The van der Waals surface area contributed by atoms with Gasteiger partial charge in [-0.3, -0.25) is 4.79 Å². The van der Waals surface area contributed by atoms with Gasteiger partial charge in [0.05, 0.1) is 6.26 Å². The van der Waals surface area contributed by atoms with Crippen molar-refractivity contribution in [1.82, 2.24) is 0 Å². The third-order valence-electron chi connectivity index (χ3n) is 2.07. The summed E-state index contributed by atoms with van der Waals surface area (Å²) in [5.74, 6) is -2.77. The molecule has 2 aromatic rings. The van der Waals surface area contributed by atoms with Crippen molar-refractivity contribution in [2.24, 2.45) is 0 Å². The van der Waals surface area contributed by atoms with Gasteiger partial charge in [-0.1, -0.05) is 6.07 Å². The molecule has 3 nitrogen and oxygen atoms in total. The molecular formula is C12H8F2O3. The van der Waals surface area contributed by atoms with E-state index < -0.39 is 24.0 Å². The molecule has 2 rings (SSSR count). The number of furan rings is 1. The van der Waals surface area contributed by atoms with Crippen LogP contribution in [0.2, 0.25) is 0 Å². The molecule has 17 heavy (non-hydrogen) atoms. The van der Waals surface area contributed by atoms with Crippen molar-refractivity contribution < 1.29 is 22.7 Å². The zero-order valence-corrected chi connectivity index (χ0v) is 8.65. The summed E-state index contributed by atoms with van der Waals surface area (Å²) < 4.78 is 35.7. The van der Waals surface area contributed by atoms with Crippen molar-refractivity contribution in [3.05, 3.63) is 54.0 Å². The van der Waals surface area contributed by atoms with Crippen LogP contribution in [0.3, 0.4) is 0 Å². The molecule has 0 fully saturated rings. The largest absolute Gasteiger partial charge is 0.482 e. The first kappa shape index (κ1) is 11.3. The fraction of sp³-hybridized carbons (Fsp3) is 0.0833. The zero-order chi connectivity index (χ0) is 12.3. The molecular weight excluding hydrogens is 230 g/mol. The van der Waals surface area contributed by atoms with Crippen molar-refractivity contribution in [3.63, 3.8) is 0 Å². The average molecular weight is 238 g/mol. The molecule has 88 valence electrons. The number of ketones is 1. The van der Waals surface area contributed by atoms with Gasteiger partial charge in [0.1, 0.15) is 0 Å². The molecule has 0 radical (unpaired) electrons. The van der Waals surface area contributed by atoms with E-state index in [1.807, 2.05) is 0 Å². The van der Waals surface area contributed by atoms with E-state index in [0.717, 1.165) is 6.07 Å². The van der Waals surface area contributed by atoms with Crippen LogP contribution in [-0.4, -0.2) is 12.4 Å². The highest BCUT2D eigenvalue weighted by Crippen LogP contribution is 2.19. The van der Waals surface area contributed by atoms with E-state index in [4.69, 9.17) is 9.15 Å². The molecule has 0 saturated heterocycles. The van der Waals surface area contributed by atoms with Crippen LogP contribution in [0.15, 0.2) is 41.0 Å². The SMILES string of the molecule is O=C(COc1cccc(F)c1F)c1ccco1. The first-order chi connectivity index (χ1) is 8.18. The molecule has 1 aromatic carbocycles. The molecule has 0 atom stereocenters. The highest BCUT2D eigenvalue weighted by molar-refractivity contribution is 5.94. The highest BCUT2D eigenvalue weighted by Gasteiger charge is 2.13. The van der Waals surface area contributed by atoms with Crippen molar-refractivity contribution in [2.75, 3.05) is 6.61 Å². The number of hydrogen-bond acceptors (Lipinski definition) is 3. The molecule has 0 aliphatic carbocycles. The van der Waals surface area contributed by atoms with E-state index in [1.54, 1.807) is 6.07 Å². The van der Waals surface area contributed by atoms with E-state index in [2.05, 4.69) is 0 Å². The first-order valence-corrected chi connectivity index (χ1v) is 4.82. The summed E-state index contributed by atoms with van der Waals surface area (Å²) in [6, 6.07) is 6.53. The predicted octanol–water partition coefficient (Wildman–Crippen LogP) is 2.82. The van der Waals surface area contributed by atoms with E-state index in [1.165, 1.54) is 24.5 Å². The Morgan fingerprint density at radius 1 is 1.24 bits per heavy atom. The van der Waals surface area contributed by atoms with Crippen LogP contribution in [0.1, 0.15) is 10.6 Å². The third-order valence-corrected chi connectivity index (χ3v) is 2.07. The Morgan fingerprint density at radius 2 is 2.06 bits per heavy atom. The minimum atomic E-state index is -1.11. The minimum absolute atomic E-state index is 0.113. The summed E-state index contributed by atoms with van der Waals surface area (Å²) >= 11 is 0. The van der Waals surface area contributed by atoms with Crippen LogP contribution in [0.4, 0.5) is 8.78 Å². The Morgan fingerprint density at radius 3 is 2.76 bits per heavy atom. The van der Waals surface area contributed by atoms with Gasteiger partial charge in [0.2, 0.25) is 11.6 Å². The maximum atomic E-state index is 13.2. The van der Waals surface area contributed by atoms with Crippen LogP contribution in [0.25, 0.3) is 0 Å². The molecule has 5 heteroatoms. The van der Waals surface area contributed by atoms with E-state index in [9.17, 15) is 13.6 Å². The molecule has 1 heterocycles. The Bertz CT molecular complexity index is 521. The van der Waals surface area contributed by atoms with E-state index >= 15 is 0 Å². The summed E-state index contributed by atoms with van der Waals surface area (Å²) in [5, 5.41) is 0. The molecule has 0 N–H and O–H groups in total. The molecule has 1 aromatic heterocycles. The van der Waals surface area contributed by atoms with Gasteiger partial charge in [-0.25, -0.2) is 4.39 Å². The van der Waals surface area contributed by atoms with Gasteiger partial charge in [-0.05, 0) is 24.3 Å². The quantitative estimate of drug-likeness (QED) is 0.769. The van der Waals surface area contributed by atoms with Crippen molar-refractivity contribution in [2.45, 2.75) is 0 Å². The average Bonchev–Trinajstić information content (AvgIpc) is 2.84. The maximum absolute atomic E-state index is 13.2. The normalized spacial score (nSPS) is 10.2. The van der Waals surface area contributed by atoms with Crippen molar-refractivity contribution in [1.29, 1.82) is 0 Å². The van der Waals surface area contributed by atoms with Gasteiger partial charge in [-0.15, -0.1) is 0 Å². The van der Waals surface area contributed by atoms with Gasteiger partial charge < -0.3 is 9.15 Å². The lowest BCUT2D eigenvalue weighted by Crippen LogP contribution is -2.11. The second-order valence-electron chi connectivity index (χ2n) is 3.24. The molecule has 0 saturated carbocycles. The summed E-state index contributed by atoms with van der Waals surface area (Å²) in [4.78, 5) is 11.4. The molecule has 0 amide bonds. The lowest BCUT2D eigenvalue weighted by molar-refractivity contribution is 0.0890. The lowest BCUT2D eigenvalue weighted by atomic mass is 10.3. The van der Waals surface area contributed by atoms with Gasteiger partial charge in [0.25, 0.3) is 0 Å². The number of benzene rings is 1. The summed E-state index contributed by atoms with van der Waals surface area (Å²) in [7, 11) is 0. The number of carbonyl (C=O) groups is 1. The van der Waals surface area contributed by atoms with E-state index in [-0.39, 0.29) is 11.5 Å². The van der Waals surface area contributed by atoms with Crippen LogP contribution in [0, 0.1) is 11.6 Å². The number of Topliss-reactive ketones (excluding diaryl/α,β-unsaturated/α-hetero) is 1. The van der Waals surface area contributed by atoms with Gasteiger partial charge in [-0.2, -0.15) is 4.39 Å². The molecule has 0 unspecified atom stereocenters. The van der Waals surface area contributed by atoms with Crippen LogP contribution < -0.4 is 4.74 Å². The molecule has 0 bridgehead atoms. The third kappa shape index (κ3) is 2.50. The number of carbonyl (C=O) groups excluding carboxylic acids is 1. The van der Waals surface area contributed by atoms with Crippen LogP contribution in [-0.2, 0) is 0 Å². The van der Waals surface area contributed by atoms with E-state index in [0.29, 0.717) is 0 Å². The minimum Gasteiger partial charge on any atom is -0.482 e. The highest BCUT2D eigenvalue weighted by atomic mass is 19.2. The van der Waals surface area contributed by atoms with Gasteiger partial charge >= 0.3 is 0 Å². The number of hydrogen-bond donors (Lipinski definition) is 0. The molecule has 0 aliphatic rings. The van der Waals surface area contributed by atoms with Gasteiger partial charge in [0.15, 0.2) is 23.9 Å². The lowest BCUT2D eigenvalue weighted by Gasteiger charge is -2.05. The van der Waals surface area contributed by atoms with Crippen LogP contribution in [0.5, 0.6) is 5.75 Å². The second kappa shape index (κ2) is 4.78. The molecule has 0 spiro atoms. The standard InChI is InChI=1S/C12H8F2O3/c13-8-3-1-4-11(12(8)14)17-7-9(15)10-5-2-6-16-10/h1-6H,7H2.